The third-order valence-corrected chi connectivity index (χ3v) is 3.25. The van der Waals surface area contributed by atoms with Crippen LogP contribution in [0, 0.1) is 0 Å². The monoisotopic (exact) mass is 234 g/mol. The molecule has 1 fully saturated rings. The number of nitrogens with zero attached hydrogens (tertiary/aromatic N) is 1. The van der Waals surface area contributed by atoms with Gasteiger partial charge in [0, 0.05) is 25.0 Å². The van der Waals surface area contributed by atoms with Crippen molar-refractivity contribution in [3.8, 4) is 0 Å². The minimum Gasteiger partial charge on any atom is -0.344 e. The Morgan fingerprint density at radius 2 is 2.36 bits per heavy atom. The predicted molar refractivity (Wildman–Crippen MR) is 60.5 cm³/mol. The molecular weight excluding hydrogens is 220 g/mol. The lowest BCUT2D eigenvalue weighted by atomic mass is 10.3. The average molecular weight is 234 g/mol. The van der Waals surface area contributed by atoms with Crippen molar-refractivity contribution in [1.82, 2.24) is 10.2 Å². The van der Waals surface area contributed by atoms with Gasteiger partial charge in [0.2, 0.25) is 11.8 Å². The first-order chi connectivity index (χ1) is 6.65. The maximum atomic E-state index is 11.8. The summed E-state index contributed by atoms with van der Waals surface area (Å²) in [4.78, 5) is 24.3. The van der Waals surface area contributed by atoms with E-state index in [9.17, 15) is 9.59 Å². The van der Waals surface area contributed by atoms with Crippen molar-refractivity contribution in [1.29, 1.82) is 0 Å². The molecule has 0 radical (unpaired) electrons. The van der Waals surface area contributed by atoms with E-state index in [4.69, 9.17) is 0 Å². The number of carbonyl (C=O) groups excluding carboxylic acids is 2. The summed E-state index contributed by atoms with van der Waals surface area (Å²) in [7, 11) is 0. The molecule has 0 aromatic heterocycles. The average Bonchev–Trinajstić information content (AvgIpc) is 2.65. The van der Waals surface area contributed by atoms with Gasteiger partial charge in [0.25, 0.3) is 0 Å². The summed E-state index contributed by atoms with van der Waals surface area (Å²) < 4.78 is 0. The lowest BCUT2D eigenvalue weighted by molar-refractivity contribution is -0.134. The van der Waals surface area contributed by atoms with Crippen molar-refractivity contribution < 1.29 is 9.59 Å². The maximum Gasteiger partial charge on any atom is 0.246 e. The molecule has 0 saturated carbocycles. The van der Waals surface area contributed by atoms with Gasteiger partial charge in [-0.25, -0.2) is 0 Å². The van der Waals surface area contributed by atoms with Crippen LogP contribution in [0.3, 0.4) is 0 Å². The number of thioether (sulfide) groups is 1. The molecule has 0 aliphatic carbocycles. The number of carbonyl (C=O) groups is 2. The van der Waals surface area contributed by atoms with Gasteiger partial charge >= 0.3 is 0 Å². The molecule has 14 heavy (non-hydrogen) atoms. The molecular formula is C8H14N2O2S2. The first kappa shape index (κ1) is 11.7. The Hall–Kier alpha value is -0.360. The zero-order valence-corrected chi connectivity index (χ0v) is 9.74. The molecule has 1 atom stereocenters. The second kappa shape index (κ2) is 5.50. The Morgan fingerprint density at radius 3 is 2.79 bits per heavy atom. The van der Waals surface area contributed by atoms with Gasteiger partial charge in [-0.15, -0.1) is 11.8 Å². The van der Waals surface area contributed by atoms with E-state index in [1.807, 2.05) is 0 Å². The van der Waals surface area contributed by atoms with Gasteiger partial charge in [0.05, 0.1) is 5.88 Å². The highest BCUT2D eigenvalue weighted by molar-refractivity contribution is 7.99. The van der Waals surface area contributed by atoms with Crippen LogP contribution in [-0.4, -0.2) is 46.7 Å². The van der Waals surface area contributed by atoms with Gasteiger partial charge in [-0.2, -0.15) is 12.6 Å². The van der Waals surface area contributed by atoms with Crippen LogP contribution in [-0.2, 0) is 9.59 Å². The van der Waals surface area contributed by atoms with Crippen LogP contribution in [0.15, 0.2) is 0 Å². The number of hydrogen-bond donors (Lipinski definition) is 2. The molecule has 0 aromatic carbocycles. The van der Waals surface area contributed by atoms with Crippen molar-refractivity contribution in [2.24, 2.45) is 0 Å². The molecule has 1 heterocycles. The van der Waals surface area contributed by atoms with Crippen LogP contribution in [0.4, 0.5) is 0 Å². The SMILES string of the molecule is CC(=O)NC(CS)C(=O)N1CCSC1. The van der Waals surface area contributed by atoms with Crippen molar-refractivity contribution in [2.45, 2.75) is 13.0 Å². The van der Waals surface area contributed by atoms with Crippen molar-refractivity contribution in [3.63, 3.8) is 0 Å². The van der Waals surface area contributed by atoms with Gasteiger partial charge in [0.15, 0.2) is 0 Å². The summed E-state index contributed by atoms with van der Waals surface area (Å²) in [6.07, 6.45) is 0. The van der Waals surface area contributed by atoms with E-state index in [1.165, 1.54) is 6.92 Å². The lowest BCUT2D eigenvalue weighted by Crippen LogP contribution is -2.48. The van der Waals surface area contributed by atoms with Crippen LogP contribution in [0.2, 0.25) is 0 Å². The van der Waals surface area contributed by atoms with Crippen molar-refractivity contribution in [2.75, 3.05) is 23.9 Å². The second-order valence-electron chi connectivity index (χ2n) is 3.07. The summed E-state index contributed by atoms with van der Waals surface area (Å²) in [5.41, 5.74) is 0. The van der Waals surface area contributed by atoms with Crippen LogP contribution < -0.4 is 5.32 Å². The zero-order valence-electron chi connectivity index (χ0n) is 8.02. The Kier molecular flexibility index (Phi) is 4.60. The molecule has 4 nitrogen and oxygen atoms in total. The molecule has 6 heteroatoms. The summed E-state index contributed by atoms with van der Waals surface area (Å²) in [6.45, 7) is 2.18. The summed E-state index contributed by atoms with van der Waals surface area (Å²) in [5, 5.41) is 2.59. The van der Waals surface area contributed by atoms with Crippen LogP contribution in [0.1, 0.15) is 6.92 Å². The maximum absolute atomic E-state index is 11.8. The van der Waals surface area contributed by atoms with Gasteiger partial charge in [0.1, 0.15) is 6.04 Å². The van der Waals surface area contributed by atoms with E-state index in [1.54, 1.807) is 16.7 Å². The van der Waals surface area contributed by atoms with Gasteiger partial charge in [-0.1, -0.05) is 0 Å². The number of amides is 2. The first-order valence-corrected chi connectivity index (χ1v) is 6.18. The minimum absolute atomic E-state index is 0.0276. The fourth-order valence-electron chi connectivity index (χ4n) is 1.24. The van der Waals surface area contributed by atoms with E-state index in [2.05, 4.69) is 17.9 Å². The quantitative estimate of drug-likeness (QED) is 0.673. The highest BCUT2D eigenvalue weighted by Gasteiger charge is 2.25. The Morgan fingerprint density at radius 1 is 1.64 bits per heavy atom. The van der Waals surface area contributed by atoms with Gasteiger partial charge in [-0.3, -0.25) is 9.59 Å². The normalized spacial score (nSPS) is 18.0. The first-order valence-electron chi connectivity index (χ1n) is 4.39. The van der Waals surface area contributed by atoms with E-state index < -0.39 is 6.04 Å². The van der Waals surface area contributed by atoms with Crippen LogP contribution >= 0.6 is 24.4 Å². The van der Waals surface area contributed by atoms with Crippen molar-refractivity contribution in [3.05, 3.63) is 0 Å². The molecule has 1 saturated heterocycles. The Balaban J connectivity index is 2.50. The fourth-order valence-corrected chi connectivity index (χ4v) is 2.44. The predicted octanol–water partition coefficient (Wildman–Crippen LogP) is -0.0462. The molecule has 80 valence electrons. The van der Waals surface area contributed by atoms with Crippen LogP contribution in [0.5, 0.6) is 0 Å². The number of thiol groups is 1. The minimum atomic E-state index is -0.477. The molecule has 1 aliphatic heterocycles. The molecule has 0 bridgehead atoms. The standard InChI is InChI=1S/C8H14N2O2S2/c1-6(11)9-7(4-13)8(12)10-2-3-14-5-10/h7,13H,2-5H2,1H3,(H,9,11). The van der Waals surface area contributed by atoms with Gasteiger partial charge < -0.3 is 10.2 Å². The number of rotatable bonds is 3. The molecule has 1 aliphatic rings. The lowest BCUT2D eigenvalue weighted by Gasteiger charge is -2.21. The smallest absolute Gasteiger partial charge is 0.246 e. The van der Waals surface area contributed by atoms with Gasteiger partial charge in [-0.05, 0) is 0 Å². The molecule has 1 rings (SSSR count). The largest absolute Gasteiger partial charge is 0.344 e. The molecule has 1 unspecified atom stereocenters. The zero-order chi connectivity index (χ0) is 10.6. The summed E-state index contributed by atoms with van der Waals surface area (Å²) in [6, 6.07) is -0.477. The molecule has 2 amide bonds. The van der Waals surface area contributed by atoms with E-state index in [0.29, 0.717) is 5.75 Å². The molecule has 0 spiro atoms. The Labute approximate surface area is 93.2 Å². The third kappa shape index (κ3) is 3.09. The van der Waals surface area contributed by atoms with Crippen molar-refractivity contribution >= 4 is 36.2 Å². The molecule has 0 aromatic rings. The summed E-state index contributed by atoms with van der Waals surface area (Å²) >= 11 is 5.78. The van der Waals surface area contributed by atoms with Crippen LogP contribution in [0.25, 0.3) is 0 Å². The Bertz CT molecular complexity index is 229. The number of hydrogen-bond acceptors (Lipinski definition) is 4. The fraction of sp³-hybridized carbons (Fsp3) is 0.750. The third-order valence-electron chi connectivity index (χ3n) is 1.92. The highest BCUT2D eigenvalue weighted by atomic mass is 32.2. The second-order valence-corrected chi connectivity index (χ2v) is 4.51. The summed E-state index contributed by atoms with van der Waals surface area (Å²) in [5.74, 6) is 1.83. The molecule has 1 N–H and O–H groups in total. The van der Waals surface area contributed by atoms with E-state index in [-0.39, 0.29) is 11.8 Å². The topological polar surface area (TPSA) is 49.4 Å². The highest BCUT2D eigenvalue weighted by Crippen LogP contribution is 2.14. The number of nitrogens with one attached hydrogen (secondary N) is 1. The van der Waals surface area contributed by atoms with E-state index in [0.717, 1.165) is 18.2 Å². The van der Waals surface area contributed by atoms with E-state index >= 15 is 0 Å².